The van der Waals surface area contributed by atoms with Crippen molar-refractivity contribution in [1.29, 1.82) is 0 Å². The minimum absolute atomic E-state index is 0.610. The Hall–Kier alpha value is -2.44. The third-order valence-electron chi connectivity index (χ3n) is 4.14. The second-order valence-electron chi connectivity index (χ2n) is 5.51. The quantitative estimate of drug-likeness (QED) is 0.456. The number of aromatic nitrogens is 2. The van der Waals surface area contributed by atoms with Crippen molar-refractivity contribution >= 4 is 33.9 Å². The fourth-order valence-electron chi connectivity index (χ4n) is 2.96. The molecular formula is C19H16N2O2S2. The summed E-state index contributed by atoms with van der Waals surface area (Å²) >= 11 is 3.24. The van der Waals surface area contributed by atoms with Crippen molar-refractivity contribution in [3.63, 3.8) is 0 Å². The number of thiophene rings is 1. The van der Waals surface area contributed by atoms with E-state index >= 15 is 0 Å². The minimum atomic E-state index is 0.610. The van der Waals surface area contributed by atoms with Gasteiger partial charge in [0.15, 0.2) is 11.2 Å². The maximum Gasteiger partial charge on any atom is 0.195 e. The lowest BCUT2D eigenvalue weighted by Gasteiger charge is -2.07. The van der Waals surface area contributed by atoms with Crippen LogP contribution in [0.3, 0.4) is 0 Å². The van der Waals surface area contributed by atoms with E-state index in [1.807, 2.05) is 46.2 Å². The Kier molecular flexibility index (Phi) is 4.15. The van der Waals surface area contributed by atoms with E-state index in [1.165, 1.54) is 4.88 Å². The van der Waals surface area contributed by atoms with E-state index in [-0.39, 0.29) is 0 Å². The number of hydrogen-bond donors (Lipinski definition) is 0. The number of methoxy groups -OCH3 is 1. The molecular weight excluding hydrogens is 352 g/mol. The molecule has 0 fully saturated rings. The van der Waals surface area contributed by atoms with Gasteiger partial charge in [-0.2, -0.15) is 0 Å². The molecule has 0 N–H and O–H groups in total. The van der Waals surface area contributed by atoms with Gasteiger partial charge in [-0.25, -0.2) is 4.98 Å². The molecule has 0 saturated heterocycles. The number of aryl methyl sites for hydroxylation is 1. The smallest absolute Gasteiger partial charge is 0.195 e. The molecule has 25 heavy (non-hydrogen) atoms. The lowest BCUT2D eigenvalue weighted by atomic mass is 10.1. The Labute approximate surface area is 153 Å². The monoisotopic (exact) mass is 368 g/mol. The van der Waals surface area contributed by atoms with Crippen LogP contribution in [0.15, 0.2) is 41.8 Å². The highest BCUT2D eigenvalue weighted by Gasteiger charge is 2.22. The van der Waals surface area contributed by atoms with Crippen LogP contribution in [-0.2, 0) is 6.42 Å². The van der Waals surface area contributed by atoms with Crippen molar-refractivity contribution in [1.82, 2.24) is 9.38 Å². The summed E-state index contributed by atoms with van der Waals surface area (Å²) in [5.41, 5.74) is 3.47. The number of rotatable bonds is 5. The molecule has 0 aliphatic carbocycles. The number of ether oxygens (including phenoxy) is 1. The molecule has 1 aromatic carbocycles. The Morgan fingerprint density at radius 1 is 1.24 bits per heavy atom. The molecule has 0 atom stereocenters. The Bertz CT molecular complexity index is 1030. The van der Waals surface area contributed by atoms with Crippen LogP contribution >= 0.6 is 22.7 Å². The van der Waals surface area contributed by atoms with E-state index < -0.39 is 0 Å². The first-order chi connectivity index (χ1) is 12.3. The molecule has 3 heterocycles. The number of thiazole rings is 1. The molecule has 3 aromatic heterocycles. The third kappa shape index (κ3) is 2.58. The van der Waals surface area contributed by atoms with Crippen LogP contribution in [-0.4, -0.2) is 22.8 Å². The minimum Gasteiger partial charge on any atom is -0.497 e. The second kappa shape index (κ2) is 6.46. The number of fused-ring (bicyclic) bond motifs is 1. The molecule has 4 aromatic rings. The zero-order chi connectivity index (χ0) is 17.4. The Balaban J connectivity index is 1.99. The lowest BCUT2D eigenvalue weighted by molar-refractivity contribution is 0.111. The maximum atomic E-state index is 11.9. The summed E-state index contributed by atoms with van der Waals surface area (Å²) in [5.74, 6) is 0.814. The number of imidazole rings is 1. The summed E-state index contributed by atoms with van der Waals surface area (Å²) in [5, 5.41) is 2.00. The predicted octanol–water partition coefficient (Wildman–Crippen LogP) is 5.17. The van der Waals surface area contributed by atoms with Gasteiger partial charge in [0, 0.05) is 4.88 Å². The number of aldehydes is 1. The average Bonchev–Trinajstić information content (AvgIpc) is 3.36. The number of nitrogens with zero attached hydrogens (tertiary/aromatic N) is 2. The van der Waals surface area contributed by atoms with Crippen LogP contribution in [0.2, 0.25) is 0 Å². The normalized spacial score (nSPS) is 11.1. The first-order valence-corrected chi connectivity index (χ1v) is 9.64. The fraction of sp³-hybridized carbons (Fsp3) is 0.158. The van der Waals surface area contributed by atoms with Gasteiger partial charge in [-0.3, -0.25) is 9.20 Å². The predicted molar refractivity (Wildman–Crippen MR) is 103 cm³/mol. The van der Waals surface area contributed by atoms with E-state index in [4.69, 9.17) is 9.72 Å². The van der Waals surface area contributed by atoms with Crippen LogP contribution < -0.4 is 4.74 Å². The summed E-state index contributed by atoms with van der Waals surface area (Å²) in [6.45, 7) is 2.12. The summed E-state index contributed by atoms with van der Waals surface area (Å²) in [6.07, 6.45) is 1.80. The van der Waals surface area contributed by atoms with E-state index in [0.29, 0.717) is 5.69 Å². The van der Waals surface area contributed by atoms with Crippen LogP contribution in [0, 0.1) is 0 Å². The topological polar surface area (TPSA) is 43.6 Å². The molecule has 4 rings (SSSR count). The van der Waals surface area contributed by atoms with Crippen LogP contribution in [0.5, 0.6) is 5.75 Å². The zero-order valence-corrected chi connectivity index (χ0v) is 15.5. The molecule has 126 valence electrons. The molecule has 0 spiro atoms. The number of hydrogen-bond acceptors (Lipinski definition) is 5. The molecule has 0 amide bonds. The number of carbonyl (C=O) groups is 1. The molecule has 4 nitrogen and oxygen atoms in total. The zero-order valence-electron chi connectivity index (χ0n) is 13.9. The van der Waals surface area contributed by atoms with Crippen molar-refractivity contribution in [3.8, 4) is 27.6 Å². The van der Waals surface area contributed by atoms with Gasteiger partial charge in [-0.05, 0) is 47.7 Å². The van der Waals surface area contributed by atoms with E-state index in [9.17, 15) is 4.79 Å². The van der Waals surface area contributed by atoms with Crippen LogP contribution in [0.4, 0.5) is 0 Å². The average molecular weight is 368 g/mol. The Morgan fingerprint density at radius 2 is 2.04 bits per heavy atom. The van der Waals surface area contributed by atoms with Gasteiger partial charge >= 0.3 is 0 Å². The summed E-state index contributed by atoms with van der Waals surface area (Å²) in [4.78, 5) is 19.7. The lowest BCUT2D eigenvalue weighted by Crippen LogP contribution is -1.96. The summed E-state index contributed by atoms with van der Waals surface area (Å²) in [7, 11) is 1.66. The SMILES string of the molecule is CCc1sc2nc(-c3cccs3)c(C=O)n2c1-c1ccc(OC)cc1. The number of benzene rings is 1. The highest BCUT2D eigenvalue weighted by atomic mass is 32.1. The summed E-state index contributed by atoms with van der Waals surface area (Å²) in [6, 6.07) is 11.9. The highest BCUT2D eigenvalue weighted by Crippen LogP contribution is 2.37. The van der Waals surface area contributed by atoms with E-state index in [0.717, 1.165) is 45.2 Å². The van der Waals surface area contributed by atoms with Crippen LogP contribution in [0.25, 0.3) is 26.8 Å². The fourth-order valence-corrected chi connectivity index (χ4v) is 4.77. The van der Waals surface area contributed by atoms with E-state index in [2.05, 4.69) is 6.92 Å². The van der Waals surface area contributed by atoms with Crippen LogP contribution in [0.1, 0.15) is 22.3 Å². The van der Waals surface area contributed by atoms with E-state index in [1.54, 1.807) is 29.8 Å². The molecule has 0 unspecified atom stereocenters. The highest BCUT2D eigenvalue weighted by molar-refractivity contribution is 7.17. The van der Waals surface area contributed by atoms with Gasteiger partial charge in [0.1, 0.15) is 17.1 Å². The van der Waals surface area contributed by atoms with Crippen molar-refractivity contribution in [2.24, 2.45) is 0 Å². The molecule has 0 saturated carbocycles. The van der Waals surface area contributed by atoms with Gasteiger partial charge < -0.3 is 4.74 Å². The summed E-state index contributed by atoms with van der Waals surface area (Å²) < 4.78 is 7.25. The van der Waals surface area contributed by atoms with Crippen molar-refractivity contribution < 1.29 is 9.53 Å². The third-order valence-corrected chi connectivity index (χ3v) is 6.20. The van der Waals surface area contributed by atoms with Gasteiger partial charge in [0.25, 0.3) is 0 Å². The molecule has 0 aliphatic rings. The molecule has 0 bridgehead atoms. The maximum absolute atomic E-state index is 11.9. The van der Waals surface area contributed by atoms with Gasteiger partial charge in [0.2, 0.25) is 0 Å². The van der Waals surface area contributed by atoms with Gasteiger partial charge in [-0.1, -0.05) is 13.0 Å². The standard InChI is InChI=1S/C19H16N2O2S2/c1-3-15-18(12-6-8-13(23-2)9-7-12)21-14(11-22)17(20-19(21)25-15)16-5-4-10-24-16/h4-11H,3H2,1-2H3. The second-order valence-corrected chi connectivity index (χ2v) is 7.52. The number of carbonyl (C=O) groups excluding carboxylic acids is 1. The van der Waals surface area contributed by atoms with Crippen molar-refractivity contribution in [3.05, 3.63) is 52.3 Å². The molecule has 0 aliphatic heterocycles. The van der Waals surface area contributed by atoms with Crippen molar-refractivity contribution in [2.45, 2.75) is 13.3 Å². The first-order valence-electron chi connectivity index (χ1n) is 7.94. The van der Waals surface area contributed by atoms with Crippen molar-refractivity contribution in [2.75, 3.05) is 7.11 Å². The largest absolute Gasteiger partial charge is 0.497 e. The molecule has 6 heteroatoms. The van der Waals surface area contributed by atoms with Gasteiger partial charge in [-0.15, -0.1) is 22.7 Å². The van der Waals surface area contributed by atoms with Gasteiger partial charge in [0.05, 0.1) is 17.7 Å². The Morgan fingerprint density at radius 3 is 2.64 bits per heavy atom. The first kappa shape index (κ1) is 16.1. The molecule has 0 radical (unpaired) electrons.